The second-order valence-electron chi connectivity index (χ2n) is 10.2. The summed E-state index contributed by atoms with van der Waals surface area (Å²) in [7, 11) is 1.91. The van der Waals surface area contributed by atoms with Crippen molar-refractivity contribution in [1.82, 2.24) is 19.9 Å². The van der Waals surface area contributed by atoms with E-state index in [0.29, 0.717) is 35.6 Å². The van der Waals surface area contributed by atoms with Gasteiger partial charge < -0.3 is 14.6 Å². The highest BCUT2D eigenvalue weighted by Crippen LogP contribution is 2.21. The normalized spacial score (nSPS) is 10.8. The number of hydrogen-bond donors (Lipinski definition) is 4. The van der Waals surface area contributed by atoms with E-state index in [0.717, 1.165) is 42.7 Å². The minimum Gasteiger partial charge on any atom is -0.449 e. The van der Waals surface area contributed by atoms with Crippen LogP contribution >= 0.6 is 12.6 Å². The van der Waals surface area contributed by atoms with Gasteiger partial charge >= 0.3 is 6.09 Å². The smallest absolute Gasteiger partial charge is 0.412 e. The minimum atomic E-state index is -0.627. The van der Waals surface area contributed by atoms with E-state index in [2.05, 4.69) is 35.2 Å². The van der Waals surface area contributed by atoms with Crippen molar-refractivity contribution in [2.45, 2.75) is 45.6 Å². The van der Waals surface area contributed by atoms with Crippen molar-refractivity contribution in [2.75, 3.05) is 23.4 Å². The van der Waals surface area contributed by atoms with Crippen molar-refractivity contribution < 1.29 is 19.1 Å². The first-order valence-electron chi connectivity index (χ1n) is 14.5. The summed E-state index contributed by atoms with van der Waals surface area (Å²) in [5.74, 6) is 0.889. The van der Waals surface area contributed by atoms with Crippen molar-refractivity contribution in [3.05, 3.63) is 83.8 Å². The minimum absolute atomic E-state index is 0.0327. The van der Waals surface area contributed by atoms with Crippen LogP contribution in [0.15, 0.2) is 66.9 Å². The molecule has 0 atom stereocenters. The Balaban J connectivity index is 1.38. The van der Waals surface area contributed by atoms with E-state index >= 15 is 0 Å². The van der Waals surface area contributed by atoms with Crippen LogP contribution < -0.4 is 15.5 Å². The summed E-state index contributed by atoms with van der Waals surface area (Å²) in [6.07, 6.45) is 5.10. The molecule has 0 aliphatic carbocycles. The number of carbonyl (C=O) groups is 3. The van der Waals surface area contributed by atoms with Crippen LogP contribution in [-0.2, 0) is 23.1 Å². The quantitative estimate of drug-likeness (QED) is 0.0616. The summed E-state index contributed by atoms with van der Waals surface area (Å²) in [5.41, 5.74) is 3.32. The number of aromatic nitrogens is 3. The molecular weight excluding hydrogens is 578 g/mol. The summed E-state index contributed by atoms with van der Waals surface area (Å²) in [6, 6.07) is 17.7. The van der Waals surface area contributed by atoms with E-state index < -0.39 is 6.09 Å². The molecule has 0 aliphatic heterocycles. The van der Waals surface area contributed by atoms with Gasteiger partial charge in [-0.05, 0) is 61.0 Å². The Morgan fingerprint density at radius 3 is 2.50 bits per heavy atom. The SMILES string of the molecule is CCCCCCOC(=O)NC(=N)c1ccc(NCc2nc3cc(C(=O)N(CCC(=O)S)c4ccccn4)ccc3n2C)cc1. The number of anilines is 2. The van der Waals surface area contributed by atoms with Gasteiger partial charge in [0.15, 0.2) is 5.12 Å². The third-order valence-electron chi connectivity index (χ3n) is 7.02. The first-order chi connectivity index (χ1) is 21.3. The lowest BCUT2D eigenvalue weighted by Gasteiger charge is -2.21. The zero-order valence-corrected chi connectivity index (χ0v) is 25.8. The van der Waals surface area contributed by atoms with Crippen LogP contribution in [0.3, 0.4) is 0 Å². The molecule has 2 amide bonds. The lowest BCUT2D eigenvalue weighted by molar-refractivity contribution is -0.110. The number of pyridine rings is 1. The Bertz CT molecular complexity index is 1610. The van der Waals surface area contributed by atoms with Crippen molar-refractivity contribution in [3.8, 4) is 0 Å². The van der Waals surface area contributed by atoms with Gasteiger partial charge in [-0.1, -0.05) is 32.3 Å². The monoisotopic (exact) mass is 615 g/mol. The van der Waals surface area contributed by atoms with Gasteiger partial charge in [0.05, 0.1) is 24.2 Å². The molecule has 11 nitrogen and oxygen atoms in total. The third kappa shape index (κ3) is 8.66. The molecule has 230 valence electrons. The lowest BCUT2D eigenvalue weighted by Crippen LogP contribution is -2.33. The highest BCUT2D eigenvalue weighted by atomic mass is 32.1. The number of amidine groups is 1. The largest absolute Gasteiger partial charge is 0.449 e. The van der Waals surface area contributed by atoms with Gasteiger partial charge in [-0.25, -0.2) is 14.8 Å². The lowest BCUT2D eigenvalue weighted by atomic mass is 10.1. The van der Waals surface area contributed by atoms with Crippen LogP contribution in [0.2, 0.25) is 0 Å². The van der Waals surface area contributed by atoms with E-state index in [4.69, 9.17) is 15.1 Å². The number of ether oxygens (including phenoxy) is 1. The number of amides is 2. The third-order valence-corrected chi connectivity index (χ3v) is 7.25. The molecule has 2 aromatic heterocycles. The molecule has 0 bridgehead atoms. The average Bonchev–Trinajstić information content (AvgIpc) is 3.34. The number of aryl methyl sites for hydroxylation is 1. The standard InChI is InChI=1S/C32H37N7O4S/c1-3-4-5-8-19-43-32(42)37-30(33)22-10-13-24(14-11-22)35-21-28-36-25-20-23(12-15-26(25)38(28)2)31(41)39(18-16-29(40)44)27-9-6-7-17-34-27/h6-7,9-15,17,20,35H,3-5,8,16,18-19,21H2,1-2H3,(H,40,44)(H2,33,37,42). The number of alkyl carbamates (subject to hydrolysis) is 1. The van der Waals surface area contributed by atoms with E-state index in [1.807, 2.05) is 29.8 Å². The van der Waals surface area contributed by atoms with Gasteiger partial charge in [-0.2, -0.15) is 0 Å². The van der Waals surface area contributed by atoms with Crippen LogP contribution in [0.25, 0.3) is 11.0 Å². The van der Waals surface area contributed by atoms with Gasteiger partial charge in [0, 0.05) is 43.0 Å². The number of benzene rings is 2. The van der Waals surface area contributed by atoms with Crippen LogP contribution in [0, 0.1) is 5.41 Å². The fourth-order valence-corrected chi connectivity index (χ4v) is 4.68. The van der Waals surface area contributed by atoms with Crippen molar-refractivity contribution in [3.63, 3.8) is 0 Å². The molecule has 12 heteroatoms. The molecule has 0 unspecified atom stereocenters. The summed E-state index contributed by atoms with van der Waals surface area (Å²) in [6.45, 7) is 3.03. The number of unbranched alkanes of at least 4 members (excludes halogenated alkanes) is 3. The van der Waals surface area contributed by atoms with E-state index in [9.17, 15) is 14.4 Å². The Morgan fingerprint density at radius 2 is 1.80 bits per heavy atom. The predicted molar refractivity (Wildman–Crippen MR) is 174 cm³/mol. The van der Waals surface area contributed by atoms with Crippen molar-refractivity contribution >= 4 is 58.1 Å². The number of nitrogens with zero attached hydrogens (tertiary/aromatic N) is 4. The van der Waals surface area contributed by atoms with Crippen LogP contribution in [0.5, 0.6) is 0 Å². The molecule has 44 heavy (non-hydrogen) atoms. The van der Waals surface area contributed by atoms with Gasteiger partial charge in [-0.3, -0.25) is 25.2 Å². The molecule has 2 aromatic carbocycles. The topological polar surface area (TPSA) is 142 Å². The molecule has 0 radical (unpaired) electrons. The molecule has 3 N–H and O–H groups in total. The number of imidazole rings is 1. The van der Waals surface area contributed by atoms with Crippen molar-refractivity contribution in [1.29, 1.82) is 5.41 Å². The van der Waals surface area contributed by atoms with E-state index in [-0.39, 0.29) is 29.8 Å². The fourth-order valence-electron chi connectivity index (χ4n) is 4.58. The van der Waals surface area contributed by atoms with Gasteiger partial charge in [0.2, 0.25) is 0 Å². The average molecular weight is 616 g/mol. The first kappa shape index (κ1) is 32.2. The Hall–Kier alpha value is -4.71. The molecule has 4 aromatic rings. The second kappa shape index (κ2) is 15.7. The highest BCUT2D eigenvalue weighted by Gasteiger charge is 2.21. The molecule has 2 heterocycles. The predicted octanol–water partition coefficient (Wildman–Crippen LogP) is 5.71. The Labute approximate surface area is 261 Å². The molecule has 0 aliphatic rings. The second-order valence-corrected chi connectivity index (χ2v) is 10.7. The number of hydrogen-bond acceptors (Lipinski definition) is 8. The first-order valence-corrected chi connectivity index (χ1v) is 15.0. The van der Waals surface area contributed by atoms with E-state index in [1.54, 1.807) is 48.7 Å². The maximum absolute atomic E-state index is 13.5. The fraction of sp³-hybridized carbons (Fsp3) is 0.312. The zero-order chi connectivity index (χ0) is 31.5. The van der Waals surface area contributed by atoms with Crippen LogP contribution in [0.4, 0.5) is 16.3 Å². The summed E-state index contributed by atoms with van der Waals surface area (Å²) >= 11 is 3.85. The molecule has 4 rings (SSSR count). The van der Waals surface area contributed by atoms with Gasteiger partial charge in [0.25, 0.3) is 5.91 Å². The maximum atomic E-state index is 13.5. The molecule has 0 spiro atoms. The van der Waals surface area contributed by atoms with Crippen LogP contribution in [0.1, 0.15) is 60.8 Å². The maximum Gasteiger partial charge on any atom is 0.412 e. The molecular formula is C32H37N7O4S. The molecule has 0 saturated heterocycles. The van der Waals surface area contributed by atoms with Crippen molar-refractivity contribution in [2.24, 2.45) is 7.05 Å². The van der Waals surface area contributed by atoms with Crippen LogP contribution in [-0.4, -0.2) is 50.6 Å². The summed E-state index contributed by atoms with van der Waals surface area (Å²) < 4.78 is 7.10. The highest BCUT2D eigenvalue weighted by molar-refractivity contribution is 7.96. The molecule has 0 fully saturated rings. The summed E-state index contributed by atoms with van der Waals surface area (Å²) in [4.78, 5) is 47.5. The Kier molecular flexibility index (Phi) is 11.5. The number of nitrogens with one attached hydrogen (secondary N) is 3. The number of thiol groups is 1. The summed E-state index contributed by atoms with van der Waals surface area (Å²) in [5, 5.41) is 13.7. The number of carbonyl (C=O) groups excluding carboxylic acids is 3. The van der Waals surface area contributed by atoms with Gasteiger partial charge in [-0.15, -0.1) is 12.6 Å². The number of fused-ring (bicyclic) bond motifs is 1. The Morgan fingerprint density at radius 1 is 1.02 bits per heavy atom. The molecule has 0 saturated carbocycles. The zero-order valence-electron chi connectivity index (χ0n) is 24.9. The van der Waals surface area contributed by atoms with E-state index in [1.165, 1.54) is 4.90 Å². The number of rotatable bonds is 14. The van der Waals surface area contributed by atoms with Gasteiger partial charge in [0.1, 0.15) is 17.5 Å².